The van der Waals surface area contributed by atoms with E-state index in [1.165, 1.54) is 37.2 Å². The quantitative estimate of drug-likeness (QED) is 0.567. The number of fused-ring (bicyclic) bond motifs is 1. The number of likely N-dealkylation sites (N-methyl/N-ethyl adjacent to an activating group) is 2. The van der Waals surface area contributed by atoms with E-state index in [-0.39, 0.29) is 11.4 Å². The summed E-state index contributed by atoms with van der Waals surface area (Å²) in [6.45, 7) is -0.340. The summed E-state index contributed by atoms with van der Waals surface area (Å²) in [5, 5.41) is 1.67. The van der Waals surface area contributed by atoms with Gasteiger partial charge in [0.1, 0.15) is 0 Å². The fourth-order valence-corrected chi connectivity index (χ4v) is 4.22. The summed E-state index contributed by atoms with van der Waals surface area (Å²) in [4.78, 5) is 13.9. The van der Waals surface area contributed by atoms with Gasteiger partial charge in [0.05, 0.1) is 17.0 Å². The van der Waals surface area contributed by atoms with Crippen LogP contribution in [-0.2, 0) is 27.5 Å². The van der Waals surface area contributed by atoms with Gasteiger partial charge < -0.3 is 4.90 Å². The SMILES string of the molecule is CN(Cc1ccc(C(F)(F)F)cc1)C(=O)CN(C)S(=O)(=O)c1ccc2ccccc2c1. The first-order valence-electron chi connectivity index (χ1n) is 9.34. The van der Waals surface area contributed by atoms with Crippen molar-refractivity contribution in [3.63, 3.8) is 0 Å². The summed E-state index contributed by atoms with van der Waals surface area (Å²) in [6.07, 6.45) is -4.43. The molecule has 0 aliphatic carbocycles. The second-order valence-electron chi connectivity index (χ2n) is 7.21. The van der Waals surface area contributed by atoms with Crippen molar-refractivity contribution in [2.24, 2.45) is 0 Å². The monoisotopic (exact) mass is 450 g/mol. The van der Waals surface area contributed by atoms with Gasteiger partial charge in [-0.1, -0.05) is 42.5 Å². The zero-order valence-electron chi connectivity index (χ0n) is 16.9. The number of sulfonamides is 1. The van der Waals surface area contributed by atoms with Crippen molar-refractivity contribution in [3.05, 3.63) is 77.9 Å². The predicted octanol–water partition coefficient (Wildman–Crippen LogP) is 4.14. The van der Waals surface area contributed by atoms with E-state index < -0.39 is 34.2 Å². The summed E-state index contributed by atoms with van der Waals surface area (Å²) in [7, 11) is -1.11. The van der Waals surface area contributed by atoms with E-state index in [9.17, 15) is 26.4 Å². The molecule has 3 aromatic rings. The first-order valence-corrected chi connectivity index (χ1v) is 10.8. The standard InChI is InChI=1S/C22H21F3N2O3S/c1-26(14-16-7-10-19(11-8-16)22(23,24)25)21(28)15-27(2)31(29,30)20-12-9-17-5-3-4-6-18(17)13-20/h3-13H,14-15H2,1-2H3. The summed E-state index contributed by atoms with van der Waals surface area (Å²) in [5.74, 6) is -0.480. The molecule has 5 nitrogen and oxygen atoms in total. The van der Waals surface area contributed by atoms with E-state index in [1.807, 2.05) is 18.2 Å². The van der Waals surface area contributed by atoms with Crippen LogP contribution in [-0.4, -0.2) is 44.2 Å². The van der Waals surface area contributed by atoms with E-state index >= 15 is 0 Å². The summed E-state index contributed by atoms with van der Waals surface area (Å²) < 4.78 is 64.7. The maximum atomic E-state index is 12.9. The number of carbonyl (C=O) groups is 1. The highest BCUT2D eigenvalue weighted by atomic mass is 32.2. The van der Waals surface area contributed by atoms with Crippen LogP contribution in [0.25, 0.3) is 10.8 Å². The fourth-order valence-electron chi connectivity index (χ4n) is 3.07. The second kappa shape index (κ2) is 8.68. The minimum absolute atomic E-state index is 0.0564. The van der Waals surface area contributed by atoms with Crippen LogP contribution in [0.4, 0.5) is 13.2 Å². The molecule has 164 valence electrons. The molecule has 0 radical (unpaired) electrons. The van der Waals surface area contributed by atoms with Crippen molar-refractivity contribution in [1.82, 2.24) is 9.21 Å². The van der Waals surface area contributed by atoms with Crippen molar-refractivity contribution in [2.75, 3.05) is 20.6 Å². The van der Waals surface area contributed by atoms with Crippen LogP contribution >= 0.6 is 0 Å². The highest BCUT2D eigenvalue weighted by molar-refractivity contribution is 7.89. The molecule has 0 fully saturated rings. The molecule has 0 N–H and O–H groups in total. The Bertz CT molecular complexity index is 1190. The van der Waals surface area contributed by atoms with E-state index in [4.69, 9.17) is 0 Å². The molecule has 0 saturated carbocycles. The van der Waals surface area contributed by atoms with Crippen LogP contribution < -0.4 is 0 Å². The van der Waals surface area contributed by atoms with Crippen molar-refractivity contribution in [3.8, 4) is 0 Å². The Morgan fingerprint density at radius 2 is 1.52 bits per heavy atom. The first kappa shape index (κ1) is 22.8. The molecule has 0 bridgehead atoms. The van der Waals surface area contributed by atoms with Gasteiger partial charge in [0.2, 0.25) is 15.9 Å². The average Bonchev–Trinajstić information content (AvgIpc) is 2.73. The van der Waals surface area contributed by atoms with Gasteiger partial charge in [-0.2, -0.15) is 17.5 Å². The number of benzene rings is 3. The highest BCUT2D eigenvalue weighted by Crippen LogP contribution is 2.29. The summed E-state index contributed by atoms with van der Waals surface area (Å²) in [6, 6.07) is 16.6. The number of nitrogens with zero attached hydrogens (tertiary/aromatic N) is 2. The van der Waals surface area contributed by atoms with Gasteiger partial charge in [0.25, 0.3) is 0 Å². The Morgan fingerprint density at radius 3 is 2.13 bits per heavy atom. The number of hydrogen-bond acceptors (Lipinski definition) is 3. The maximum absolute atomic E-state index is 12.9. The van der Waals surface area contributed by atoms with E-state index in [2.05, 4.69) is 0 Å². The minimum Gasteiger partial charge on any atom is -0.340 e. The molecule has 1 amide bonds. The zero-order chi connectivity index (χ0) is 22.8. The molecule has 0 aliphatic rings. The van der Waals surface area contributed by atoms with Crippen molar-refractivity contribution in [2.45, 2.75) is 17.6 Å². The molecule has 0 aromatic heterocycles. The lowest BCUT2D eigenvalue weighted by atomic mass is 10.1. The van der Waals surface area contributed by atoms with Crippen molar-refractivity contribution < 1.29 is 26.4 Å². The Hall–Kier alpha value is -2.91. The molecular weight excluding hydrogens is 429 g/mol. The van der Waals surface area contributed by atoms with Gasteiger partial charge in [0.15, 0.2) is 0 Å². The lowest BCUT2D eigenvalue weighted by Crippen LogP contribution is -2.39. The molecule has 9 heteroatoms. The molecule has 0 atom stereocenters. The third-order valence-corrected chi connectivity index (χ3v) is 6.71. The third-order valence-electron chi connectivity index (χ3n) is 4.91. The van der Waals surface area contributed by atoms with Gasteiger partial charge in [-0.15, -0.1) is 0 Å². The topological polar surface area (TPSA) is 57.7 Å². The lowest BCUT2D eigenvalue weighted by molar-refractivity contribution is -0.137. The largest absolute Gasteiger partial charge is 0.416 e. The van der Waals surface area contributed by atoms with Crippen LogP contribution in [0.2, 0.25) is 0 Å². The van der Waals surface area contributed by atoms with Gasteiger partial charge in [-0.25, -0.2) is 8.42 Å². The smallest absolute Gasteiger partial charge is 0.340 e. The number of hydrogen-bond donors (Lipinski definition) is 0. The van der Waals surface area contributed by atoms with Crippen molar-refractivity contribution >= 4 is 26.7 Å². The molecule has 3 aromatic carbocycles. The molecular formula is C22H21F3N2O3S. The van der Waals surface area contributed by atoms with Crippen LogP contribution in [0, 0.1) is 0 Å². The minimum atomic E-state index is -4.43. The number of alkyl halides is 3. The van der Waals surface area contributed by atoms with Crippen molar-refractivity contribution in [1.29, 1.82) is 0 Å². The van der Waals surface area contributed by atoms with E-state index in [0.717, 1.165) is 27.2 Å². The molecule has 0 aliphatic heterocycles. The second-order valence-corrected chi connectivity index (χ2v) is 9.26. The lowest BCUT2D eigenvalue weighted by Gasteiger charge is -2.22. The Balaban J connectivity index is 1.68. The maximum Gasteiger partial charge on any atom is 0.416 e. The van der Waals surface area contributed by atoms with Crippen LogP contribution in [0.5, 0.6) is 0 Å². The van der Waals surface area contributed by atoms with E-state index in [1.54, 1.807) is 18.2 Å². The number of carbonyl (C=O) groups excluding carboxylic acids is 1. The molecule has 31 heavy (non-hydrogen) atoms. The van der Waals surface area contributed by atoms with Crippen LogP contribution in [0.1, 0.15) is 11.1 Å². The zero-order valence-corrected chi connectivity index (χ0v) is 17.7. The number of amides is 1. The highest BCUT2D eigenvalue weighted by Gasteiger charge is 2.30. The number of rotatable bonds is 6. The molecule has 0 heterocycles. The predicted molar refractivity (Wildman–Crippen MR) is 112 cm³/mol. The van der Waals surface area contributed by atoms with E-state index in [0.29, 0.717) is 5.56 Å². The van der Waals surface area contributed by atoms with Gasteiger partial charge in [-0.3, -0.25) is 4.79 Å². The summed E-state index contributed by atoms with van der Waals surface area (Å²) >= 11 is 0. The average molecular weight is 450 g/mol. The molecule has 3 rings (SSSR count). The fraction of sp³-hybridized carbons (Fsp3) is 0.227. The van der Waals surface area contributed by atoms with Gasteiger partial charge in [-0.05, 0) is 40.6 Å². The molecule has 0 unspecified atom stereocenters. The van der Waals surface area contributed by atoms with Crippen LogP contribution in [0.15, 0.2) is 71.6 Å². The van der Waals surface area contributed by atoms with Gasteiger partial charge in [0, 0.05) is 20.6 Å². The van der Waals surface area contributed by atoms with Gasteiger partial charge >= 0.3 is 6.18 Å². The Morgan fingerprint density at radius 1 is 0.903 bits per heavy atom. The Labute approximate surface area is 178 Å². The number of halogens is 3. The Kier molecular flexibility index (Phi) is 6.38. The van der Waals surface area contributed by atoms with Crippen LogP contribution in [0.3, 0.4) is 0 Å². The third kappa shape index (κ3) is 5.23. The first-order chi connectivity index (χ1) is 14.5. The summed E-state index contributed by atoms with van der Waals surface area (Å²) in [5.41, 5.74) is -0.268. The molecule has 0 saturated heterocycles. The normalized spacial score (nSPS) is 12.3. The molecule has 0 spiro atoms.